The number of hydrogen-bond acceptors (Lipinski definition) is 4. The second kappa shape index (κ2) is 9.27. The Morgan fingerprint density at radius 3 is 2.67 bits per heavy atom. The average Bonchev–Trinajstić information content (AvgIpc) is 3.32. The molecule has 27 heavy (non-hydrogen) atoms. The minimum atomic E-state index is 0.0876. The van der Waals surface area contributed by atoms with E-state index < -0.39 is 0 Å². The summed E-state index contributed by atoms with van der Waals surface area (Å²) in [6, 6.07) is 6.12. The van der Waals surface area contributed by atoms with Crippen LogP contribution in [-0.4, -0.2) is 61.1 Å². The quantitative estimate of drug-likeness (QED) is 0.686. The summed E-state index contributed by atoms with van der Waals surface area (Å²) in [6.45, 7) is 8.22. The topological polar surface area (TPSA) is 42.0 Å². The van der Waals surface area contributed by atoms with Crippen molar-refractivity contribution in [1.29, 1.82) is 0 Å². The van der Waals surface area contributed by atoms with E-state index in [2.05, 4.69) is 4.90 Å². The fraction of sp³-hybridized carbons (Fsp3) is 0.591. The number of hydrogen-bond donors (Lipinski definition) is 0. The van der Waals surface area contributed by atoms with Crippen LogP contribution in [0.3, 0.4) is 0 Å². The molecule has 5 nitrogen and oxygen atoms in total. The molecule has 3 rings (SSSR count). The lowest BCUT2D eigenvalue weighted by molar-refractivity contribution is -0.127. The molecule has 0 bridgehead atoms. The van der Waals surface area contributed by atoms with Gasteiger partial charge >= 0.3 is 0 Å². The molecule has 2 fully saturated rings. The number of benzene rings is 1. The number of amides is 1. The van der Waals surface area contributed by atoms with Crippen LogP contribution in [-0.2, 0) is 4.79 Å². The van der Waals surface area contributed by atoms with Crippen molar-refractivity contribution >= 4 is 12.0 Å². The molecular formula is C22H32N2O3. The van der Waals surface area contributed by atoms with E-state index in [0.717, 1.165) is 37.2 Å². The van der Waals surface area contributed by atoms with Gasteiger partial charge in [0.25, 0.3) is 0 Å². The first-order valence-corrected chi connectivity index (χ1v) is 10.1. The first-order chi connectivity index (χ1) is 13.1. The summed E-state index contributed by atoms with van der Waals surface area (Å²) in [5.41, 5.74) is 0.937. The zero-order valence-corrected chi connectivity index (χ0v) is 16.8. The van der Waals surface area contributed by atoms with Gasteiger partial charge in [-0.05, 0) is 76.4 Å². The monoisotopic (exact) mass is 372 g/mol. The third-order valence-corrected chi connectivity index (χ3v) is 5.30. The zero-order chi connectivity index (χ0) is 19.2. The third-order valence-electron chi connectivity index (χ3n) is 5.30. The first-order valence-electron chi connectivity index (χ1n) is 10.1. The molecule has 0 radical (unpaired) electrons. The molecule has 0 saturated carbocycles. The summed E-state index contributed by atoms with van der Waals surface area (Å²) in [5.74, 6) is 1.52. The highest BCUT2D eigenvalue weighted by Crippen LogP contribution is 2.29. The summed E-state index contributed by atoms with van der Waals surface area (Å²) in [5, 5.41) is 0. The molecule has 0 spiro atoms. The number of likely N-dealkylation sites (tertiary alicyclic amines) is 2. The van der Waals surface area contributed by atoms with Crippen molar-refractivity contribution in [2.24, 2.45) is 0 Å². The van der Waals surface area contributed by atoms with Gasteiger partial charge in [-0.1, -0.05) is 6.07 Å². The summed E-state index contributed by atoms with van der Waals surface area (Å²) >= 11 is 0. The normalized spacial score (nSPS) is 20.7. The zero-order valence-electron chi connectivity index (χ0n) is 16.8. The number of rotatable bonds is 7. The van der Waals surface area contributed by atoms with Gasteiger partial charge in [-0.2, -0.15) is 0 Å². The molecular weight excluding hydrogens is 340 g/mol. The van der Waals surface area contributed by atoms with E-state index in [1.54, 1.807) is 13.2 Å². The fourth-order valence-electron chi connectivity index (χ4n) is 3.98. The molecule has 1 amide bonds. The molecule has 148 valence electrons. The average molecular weight is 373 g/mol. The highest BCUT2D eigenvalue weighted by atomic mass is 16.5. The van der Waals surface area contributed by atoms with Crippen molar-refractivity contribution in [3.8, 4) is 11.5 Å². The van der Waals surface area contributed by atoms with E-state index in [1.807, 2.05) is 43.0 Å². The Bertz CT molecular complexity index is 666. The molecule has 2 heterocycles. The number of carbonyl (C=O) groups is 1. The molecule has 0 aliphatic carbocycles. The van der Waals surface area contributed by atoms with Crippen LogP contribution in [0.2, 0.25) is 0 Å². The van der Waals surface area contributed by atoms with Crippen molar-refractivity contribution in [3.63, 3.8) is 0 Å². The van der Waals surface area contributed by atoms with Crippen LogP contribution in [0.1, 0.15) is 45.1 Å². The number of methoxy groups -OCH3 is 1. The van der Waals surface area contributed by atoms with Crippen molar-refractivity contribution < 1.29 is 14.3 Å². The lowest BCUT2D eigenvalue weighted by Crippen LogP contribution is -2.41. The third kappa shape index (κ3) is 5.25. The maximum atomic E-state index is 12.7. The van der Waals surface area contributed by atoms with Crippen LogP contribution in [0.5, 0.6) is 11.5 Å². The van der Waals surface area contributed by atoms with Gasteiger partial charge in [0.15, 0.2) is 11.5 Å². The Morgan fingerprint density at radius 1 is 1.19 bits per heavy atom. The van der Waals surface area contributed by atoms with Gasteiger partial charge in [-0.3, -0.25) is 4.79 Å². The number of ether oxygens (including phenoxy) is 2. The highest BCUT2D eigenvalue weighted by molar-refractivity contribution is 5.92. The van der Waals surface area contributed by atoms with Crippen molar-refractivity contribution in [2.45, 2.75) is 51.7 Å². The Kier molecular flexibility index (Phi) is 6.78. The summed E-state index contributed by atoms with van der Waals surface area (Å²) < 4.78 is 11.2. The molecule has 0 aromatic heterocycles. The molecule has 1 aromatic carbocycles. The number of carbonyl (C=O) groups excluding carboxylic acids is 1. The largest absolute Gasteiger partial charge is 0.493 e. The molecule has 1 aromatic rings. The van der Waals surface area contributed by atoms with Gasteiger partial charge in [0.2, 0.25) is 5.91 Å². The van der Waals surface area contributed by atoms with Gasteiger partial charge in [0.05, 0.1) is 13.2 Å². The molecule has 2 saturated heterocycles. The molecule has 1 unspecified atom stereocenters. The van der Waals surface area contributed by atoms with Gasteiger partial charge in [-0.25, -0.2) is 0 Å². The van der Waals surface area contributed by atoms with Crippen LogP contribution in [0.25, 0.3) is 6.08 Å². The first kappa shape index (κ1) is 19.7. The molecule has 1 atom stereocenters. The van der Waals surface area contributed by atoms with Crippen LogP contribution in [0, 0.1) is 0 Å². The van der Waals surface area contributed by atoms with Crippen LogP contribution < -0.4 is 9.47 Å². The van der Waals surface area contributed by atoms with Crippen LogP contribution in [0.4, 0.5) is 0 Å². The molecule has 2 aliphatic heterocycles. The molecule has 2 aliphatic rings. The van der Waals surface area contributed by atoms with E-state index in [0.29, 0.717) is 11.8 Å². The van der Waals surface area contributed by atoms with Crippen LogP contribution >= 0.6 is 0 Å². The lowest BCUT2D eigenvalue weighted by atomic mass is 10.1. The second-order valence-electron chi connectivity index (χ2n) is 7.75. The Labute approximate surface area is 162 Å². The van der Waals surface area contributed by atoms with Gasteiger partial charge in [-0.15, -0.1) is 0 Å². The van der Waals surface area contributed by atoms with Crippen molar-refractivity contribution in [2.75, 3.05) is 33.3 Å². The maximum absolute atomic E-state index is 12.7. The van der Waals surface area contributed by atoms with Gasteiger partial charge in [0.1, 0.15) is 0 Å². The van der Waals surface area contributed by atoms with Crippen molar-refractivity contribution in [3.05, 3.63) is 29.8 Å². The predicted molar refractivity (Wildman–Crippen MR) is 108 cm³/mol. The van der Waals surface area contributed by atoms with Gasteiger partial charge in [0, 0.05) is 25.2 Å². The lowest BCUT2D eigenvalue weighted by Gasteiger charge is -2.27. The minimum absolute atomic E-state index is 0.0876. The maximum Gasteiger partial charge on any atom is 0.246 e. The Hall–Kier alpha value is -2.01. The van der Waals surface area contributed by atoms with Gasteiger partial charge < -0.3 is 19.3 Å². The summed E-state index contributed by atoms with van der Waals surface area (Å²) in [6.07, 6.45) is 8.45. The fourth-order valence-corrected chi connectivity index (χ4v) is 3.98. The molecule has 0 N–H and O–H groups in total. The summed E-state index contributed by atoms with van der Waals surface area (Å²) in [7, 11) is 1.63. The number of nitrogens with zero attached hydrogens (tertiary/aromatic N) is 2. The summed E-state index contributed by atoms with van der Waals surface area (Å²) in [4.78, 5) is 17.3. The Balaban J connectivity index is 1.63. The SMILES string of the molecule is COc1cc(/C=C/C(=O)N2CCCC2CN2CCCC2)ccc1OC(C)C. The minimum Gasteiger partial charge on any atom is -0.493 e. The molecule has 5 heteroatoms. The van der Waals surface area contributed by atoms with E-state index in [4.69, 9.17) is 9.47 Å². The van der Waals surface area contributed by atoms with Crippen molar-refractivity contribution in [1.82, 2.24) is 9.80 Å². The predicted octanol–water partition coefficient (Wildman–Crippen LogP) is 3.58. The Morgan fingerprint density at radius 2 is 1.96 bits per heavy atom. The second-order valence-corrected chi connectivity index (χ2v) is 7.75. The standard InChI is InChI=1S/C22H32N2O3/c1-17(2)27-20-10-8-18(15-21(20)26-3)9-11-22(25)24-14-6-7-19(24)16-23-12-4-5-13-23/h8-11,15,17,19H,4-7,12-14,16H2,1-3H3/b11-9+. The van der Waals surface area contributed by atoms with E-state index >= 15 is 0 Å². The van der Waals surface area contributed by atoms with E-state index in [9.17, 15) is 4.79 Å². The van der Waals surface area contributed by atoms with E-state index in [-0.39, 0.29) is 12.0 Å². The smallest absolute Gasteiger partial charge is 0.246 e. The van der Waals surface area contributed by atoms with Crippen LogP contribution in [0.15, 0.2) is 24.3 Å². The van der Waals surface area contributed by atoms with E-state index in [1.165, 1.54) is 25.9 Å². The highest BCUT2D eigenvalue weighted by Gasteiger charge is 2.29.